The molecule has 0 amide bonds. The second-order valence-electron chi connectivity index (χ2n) is 2.75. The van der Waals surface area contributed by atoms with Gasteiger partial charge < -0.3 is 5.73 Å². The summed E-state index contributed by atoms with van der Waals surface area (Å²) in [7, 11) is 0. The van der Waals surface area contributed by atoms with E-state index in [0.29, 0.717) is 10.6 Å². The number of anilines is 1. The molecule has 0 spiro atoms. The Morgan fingerprint density at radius 1 is 1.58 bits per heavy atom. The Hall–Kier alpha value is -1.01. The molecule has 0 radical (unpaired) electrons. The van der Waals surface area contributed by atoms with Crippen molar-refractivity contribution >= 4 is 16.3 Å². The van der Waals surface area contributed by atoms with Gasteiger partial charge in [-0.05, 0) is 18.9 Å². The highest BCUT2D eigenvalue weighted by Gasteiger charge is 2.10. The van der Waals surface area contributed by atoms with Gasteiger partial charge in [-0.2, -0.15) is 5.26 Å². The van der Waals surface area contributed by atoms with Crippen molar-refractivity contribution in [1.29, 1.82) is 5.26 Å². The molecule has 3 heteroatoms. The summed E-state index contributed by atoms with van der Waals surface area (Å²) < 4.78 is 0. The number of hydrogen-bond acceptors (Lipinski definition) is 3. The molecule has 0 atom stereocenters. The summed E-state index contributed by atoms with van der Waals surface area (Å²) in [5, 5.41) is 9.42. The van der Waals surface area contributed by atoms with Crippen molar-refractivity contribution in [3.05, 3.63) is 16.0 Å². The van der Waals surface area contributed by atoms with Gasteiger partial charge in [-0.15, -0.1) is 11.3 Å². The molecule has 0 aliphatic rings. The zero-order chi connectivity index (χ0) is 9.14. The van der Waals surface area contributed by atoms with E-state index in [9.17, 15) is 0 Å². The van der Waals surface area contributed by atoms with Gasteiger partial charge in [-0.3, -0.25) is 0 Å². The first-order chi connectivity index (χ1) is 5.70. The van der Waals surface area contributed by atoms with Crippen molar-refractivity contribution < 1.29 is 0 Å². The number of nitrogens with two attached hydrogens (primary N) is 1. The van der Waals surface area contributed by atoms with E-state index in [1.165, 1.54) is 4.88 Å². The molecule has 0 aliphatic carbocycles. The van der Waals surface area contributed by atoms with Crippen molar-refractivity contribution in [2.24, 2.45) is 0 Å². The van der Waals surface area contributed by atoms with Crippen LogP contribution in [0.15, 0.2) is 0 Å². The Balaban J connectivity index is 3.10. The molecular formula is C9H12N2S. The molecule has 0 aromatic carbocycles. The monoisotopic (exact) mass is 180 g/mol. The Bertz CT molecular complexity index is 320. The maximum absolute atomic E-state index is 8.76. The van der Waals surface area contributed by atoms with Crippen molar-refractivity contribution in [1.82, 2.24) is 0 Å². The van der Waals surface area contributed by atoms with Crippen LogP contribution < -0.4 is 5.73 Å². The predicted octanol–water partition coefficient (Wildman–Crippen LogP) is 2.46. The predicted molar refractivity (Wildman–Crippen MR) is 52.2 cm³/mol. The van der Waals surface area contributed by atoms with Gasteiger partial charge in [-0.25, -0.2) is 0 Å². The van der Waals surface area contributed by atoms with E-state index < -0.39 is 0 Å². The van der Waals surface area contributed by atoms with E-state index >= 15 is 0 Å². The molecule has 0 aliphatic heterocycles. The van der Waals surface area contributed by atoms with Gasteiger partial charge in [0.15, 0.2) is 0 Å². The molecule has 1 rings (SSSR count). The van der Waals surface area contributed by atoms with Crippen LogP contribution in [0.4, 0.5) is 5.00 Å². The average Bonchev–Trinajstić information content (AvgIpc) is 2.29. The summed E-state index contributed by atoms with van der Waals surface area (Å²) >= 11 is 1.55. The highest BCUT2D eigenvalue weighted by atomic mass is 32.1. The van der Waals surface area contributed by atoms with Crippen LogP contribution in [-0.2, 0) is 6.42 Å². The average molecular weight is 180 g/mol. The first-order valence-corrected chi connectivity index (χ1v) is 4.80. The molecule has 0 bridgehead atoms. The number of hydrogen-bond donors (Lipinski definition) is 1. The van der Waals surface area contributed by atoms with E-state index in [2.05, 4.69) is 13.0 Å². The topological polar surface area (TPSA) is 49.8 Å². The van der Waals surface area contributed by atoms with Crippen LogP contribution in [-0.4, -0.2) is 0 Å². The Kier molecular flexibility index (Phi) is 2.72. The van der Waals surface area contributed by atoms with Crippen molar-refractivity contribution in [2.45, 2.75) is 26.7 Å². The Morgan fingerprint density at radius 3 is 2.67 bits per heavy atom. The van der Waals surface area contributed by atoms with Crippen LogP contribution >= 0.6 is 11.3 Å². The van der Waals surface area contributed by atoms with Gasteiger partial charge in [0.1, 0.15) is 11.1 Å². The second kappa shape index (κ2) is 3.59. The summed E-state index contributed by atoms with van der Waals surface area (Å²) in [6.07, 6.45) is 2.13. The largest absolute Gasteiger partial charge is 0.389 e. The number of rotatable bonds is 2. The maximum Gasteiger partial charge on any atom is 0.104 e. The fourth-order valence-electron chi connectivity index (χ4n) is 1.19. The smallest absolute Gasteiger partial charge is 0.104 e. The summed E-state index contributed by atoms with van der Waals surface area (Å²) in [6.45, 7) is 4.10. The van der Waals surface area contributed by atoms with Crippen molar-refractivity contribution in [3.63, 3.8) is 0 Å². The molecule has 2 N–H and O–H groups in total. The van der Waals surface area contributed by atoms with Crippen LogP contribution in [0, 0.1) is 18.3 Å². The van der Waals surface area contributed by atoms with E-state index in [4.69, 9.17) is 11.0 Å². The molecule has 0 saturated heterocycles. The first-order valence-electron chi connectivity index (χ1n) is 3.98. The third-order valence-corrected chi connectivity index (χ3v) is 3.04. The van der Waals surface area contributed by atoms with Gasteiger partial charge in [-0.1, -0.05) is 13.3 Å². The summed E-state index contributed by atoms with van der Waals surface area (Å²) in [6, 6.07) is 2.13. The van der Waals surface area contributed by atoms with Gasteiger partial charge in [0.2, 0.25) is 0 Å². The molecule has 12 heavy (non-hydrogen) atoms. The molecule has 0 saturated carbocycles. The van der Waals surface area contributed by atoms with E-state index in [1.807, 2.05) is 6.92 Å². The lowest BCUT2D eigenvalue weighted by atomic mass is 10.1. The SMILES string of the molecule is CCCc1sc(N)c(C#N)c1C. The van der Waals surface area contributed by atoms with E-state index in [1.54, 1.807) is 11.3 Å². The summed E-state index contributed by atoms with van der Waals surface area (Å²) in [4.78, 5) is 1.26. The Morgan fingerprint density at radius 2 is 2.25 bits per heavy atom. The lowest BCUT2D eigenvalue weighted by Gasteiger charge is -1.93. The number of aryl methyl sites for hydroxylation is 1. The third-order valence-electron chi connectivity index (χ3n) is 1.86. The quantitative estimate of drug-likeness (QED) is 0.760. The molecule has 0 unspecified atom stereocenters. The van der Waals surface area contributed by atoms with Crippen LogP contribution in [0.25, 0.3) is 0 Å². The second-order valence-corrected chi connectivity index (χ2v) is 3.89. The molecule has 2 nitrogen and oxygen atoms in total. The zero-order valence-corrected chi connectivity index (χ0v) is 8.16. The zero-order valence-electron chi connectivity index (χ0n) is 7.35. The van der Waals surface area contributed by atoms with Gasteiger partial charge in [0.25, 0.3) is 0 Å². The molecule has 1 heterocycles. The molecular weight excluding hydrogens is 168 g/mol. The fraction of sp³-hybridized carbons (Fsp3) is 0.444. The minimum Gasteiger partial charge on any atom is -0.389 e. The molecule has 64 valence electrons. The normalized spacial score (nSPS) is 9.75. The molecule has 1 aromatic rings. The first kappa shape index (κ1) is 9.08. The minimum atomic E-state index is 0.665. The van der Waals surface area contributed by atoms with Gasteiger partial charge in [0, 0.05) is 4.88 Å². The Labute approximate surface area is 76.6 Å². The molecule has 1 aromatic heterocycles. The van der Waals surface area contributed by atoms with E-state index in [0.717, 1.165) is 18.4 Å². The summed E-state index contributed by atoms with van der Waals surface area (Å²) in [5.41, 5.74) is 7.42. The molecule has 0 fully saturated rings. The highest BCUT2D eigenvalue weighted by molar-refractivity contribution is 7.16. The minimum absolute atomic E-state index is 0.665. The van der Waals surface area contributed by atoms with Crippen molar-refractivity contribution in [2.75, 3.05) is 5.73 Å². The van der Waals surface area contributed by atoms with Gasteiger partial charge >= 0.3 is 0 Å². The lowest BCUT2D eigenvalue weighted by molar-refractivity contribution is 0.932. The van der Waals surface area contributed by atoms with E-state index in [-0.39, 0.29) is 0 Å². The third kappa shape index (κ3) is 1.44. The number of nitrogen functional groups attached to an aromatic ring is 1. The van der Waals surface area contributed by atoms with Crippen LogP contribution in [0.2, 0.25) is 0 Å². The van der Waals surface area contributed by atoms with Crippen LogP contribution in [0.3, 0.4) is 0 Å². The lowest BCUT2D eigenvalue weighted by Crippen LogP contribution is -1.85. The number of nitrogens with zero attached hydrogens (tertiary/aromatic N) is 1. The van der Waals surface area contributed by atoms with Crippen molar-refractivity contribution in [3.8, 4) is 6.07 Å². The van der Waals surface area contributed by atoms with Gasteiger partial charge in [0.05, 0.1) is 5.56 Å². The van der Waals surface area contributed by atoms with Crippen LogP contribution in [0.1, 0.15) is 29.3 Å². The summed E-state index contributed by atoms with van der Waals surface area (Å²) in [5.74, 6) is 0. The highest BCUT2D eigenvalue weighted by Crippen LogP contribution is 2.30. The standard InChI is InChI=1S/C9H12N2S/c1-3-4-8-6(2)7(5-10)9(11)12-8/h3-4,11H2,1-2H3. The maximum atomic E-state index is 8.76. The van der Waals surface area contributed by atoms with Crippen LogP contribution in [0.5, 0.6) is 0 Å². The number of nitriles is 1. The fourth-order valence-corrected chi connectivity index (χ4v) is 2.32. The number of thiophene rings is 1.